The van der Waals surface area contributed by atoms with Crippen LogP contribution in [0.3, 0.4) is 0 Å². The summed E-state index contributed by atoms with van der Waals surface area (Å²) in [4.78, 5) is 14.1. The molecule has 2 aliphatic heterocycles. The van der Waals surface area contributed by atoms with Gasteiger partial charge in [0.2, 0.25) is 0 Å². The van der Waals surface area contributed by atoms with Gasteiger partial charge in [-0.1, -0.05) is 24.6 Å². The number of aliphatic carboxylic acids is 1. The lowest BCUT2D eigenvalue weighted by molar-refractivity contribution is -0.146. The smallest absolute Gasteiger partial charge is 0.306 e. The molecule has 1 N–H and O–H groups in total. The highest BCUT2D eigenvalue weighted by molar-refractivity contribution is 5.70. The summed E-state index contributed by atoms with van der Waals surface area (Å²) in [6.45, 7) is 3.43. The van der Waals surface area contributed by atoms with Crippen molar-refractivity contribution in [1.29, 1.82) is 0 Å². The molecule has 4 heteroatoms. The average molecular weight is 315 g/mol. The summed E-state index contributed by atoms with van der Waals surface area (Å²) in [6, 6.07) is 7.02. The fourth-order valence-corrected chi connectivity index (χ4v) is 4.95. The zero-order valence-corrected chi connectivity index (χ0v) is 13.5. The molecule has 2 heterocycles. The summed E-state index contributed by atoms with van der Waals surface area (Å²) in [5.41, 5.74) is 4.22. The minimum atomic E-state index is -0.587. The van der Waals surface area contributed by atoms with E-state index in [2.05, 4.69) is 23.1 Å². The van der Waals surface area contributed by atoms with Crippen molar-refractivity contribution in [2.24, 2.45) is 11.8 Å². The molecule has 3 atom stereocenters. The molecule has 1 saturated heterocycles. The fourth-order valence-electron chi connectivity index (χ4n) is 4.95. The number of ether oxygens (including phenoxy) is 1. The highest BCUT2D eigenvalue weighted by Crippen LogP contribution is 2.41. The number of hydrogen-bond acceptors (Lipinski definition) is 3. The second-order valence-electron chi connectivity index (χ2n) is 7.22. The van der Waals surface area contributed by atoms with E-state index >= 15 is 0 Å². The first kappa shape index (κ1) is 15.2. The minimum absolute atomic E-state index is 0.128. The standard InChI is InChI=1S/C19H25NO3/c21-19(22)17-7-9-20(18-6-2-5-16(17)18)11-13-3-1-4-14-12-23-10-8-15(13)14/h1,3-4,16-18H,2,5-12H2,(H,21,22). The van der Waals surface area contributed by atoms with Crippen LogP contribution in [0.4, 0.5) is 0 Å². The second-order valence-corrected chi connectivity index (χ2v) is 7.22. The lowest BCUT2D eigenvalue weighted by atomic mass is 9.81. The van der Waals surface area contributed by atoms with Gasteiger partial charge in [-0.3, -0.25) is 9.69 Å². The van der Waals surface area contributed by atoms with Crippen LogP contribution < -0.4 is 0 Å². The van der Waals surface area contributed by atoms with Crippen LogP contribution in [0.25, 0.3) is 0 Å². The van der Waals surface area contributed by atoms with Crippen LogP contribution in [0.1, 0.15) is 42.4 Å². The molecule has 3 aliphatic rings. The highest BCUT2D eigenvalue weighted by Gasteiger charge is 2.43. The summed E-state index contributed by atoms with van der Waals surface area (Å²) in [7, 11) is 0. The van der Waals surface area contributed by atoms with E-state index in [0.717, 1.165) is 52.0 Å². The molecule has 0 bridgehead atoms. The lowest BCUT2D eigenvalue weighted by Gasteiger charge is -2.41. The number of likely N-dealkylation sites (tertiary alicyclic amines) is 1. The first-order chi connectivity index (χ1) is 11.2. The number of rotatable bonds is 3. The van der Waals surface area contributed by atoms with Crippen LogP contribution in [-0.2, 0) is 29.1 Å². The third-order valence-corrected chi connectivity index (χ3v) is 6.06. The summed E-state index contributed by atoms with van der Waals surface area (Å²) in [6.07, 6.45) is 5.22. The molecule has 1 aromatic rings. The van der Waals surface area contributed by atoms with Crippen LogP contribution in [0, 0.1) is 11.8 Å². The van der Waals surface area contributed by atoms with E-state index in [1.807, 2.05) is 0 Å². The van der Waals surface area contributed by atoms with Crippen LogP contribution >= 0.6 is 0 Å². The average Bonchev–Trinajstić information content (AvgIpc) is 3.05. The van der Waals surface area contributed by atoms with Crippen molar-refractivity contribution in [1.82, 2.24) is 4.90 Å². The Morgan fingerprint density at radius 1 is 1.30 bits per heavy atom. The van der Waals surface area contributed by atoms with Gasteiger partial charge in [0.1, 0.15) is 0 Å². The Bertz CT molecular complexity index is 600. The molecule has 1 aliphatic carbocycles. The summed E-state index contributed by atoms with van der Waals surface area (Å²) < 4.78 is 5.57. The van der Waals surface area contributed by atoms with Gasteiger partial charge >= 0.3 is 5.97 Å². The second kappa shape index (κ2) is 6.25. The van der Waals surface area contributed by atoms with Crippen molar-refractivity contribution in [2.45, 2.75) is 51.3 Å². The normalized spacial score (nSPS) is 30.7. The Labute approximate surface area is 137 Å². The number of carboxylic acids is 1. The van der Waals surface area contributed by atoms with E-state index in [4.69, 9.17) is 4.74 Å². The van der Waals surface area contributed by atoms with Crippen molar-refractivity contribution in [3.05, 3.63) is 34.9 Å². The maximum Gasteiger partial charge on any atom is 0.306 e. The molecule has 2 fully saturated rings. The third-order valence-electron chi connectivity index (χ3n) is 6.06. The number of piperidine rings is 1. The number of carboxylic acid groups (broad SMARTS) is 1. The Hall–Kier alpha value is -1.39. The zero-order valence-electron chi connectivity index (χ0n) is 13.5. The van der Waals surface area contributed by atoms with Crippen molar-refractivity contribution >= 4 is 5.97 Å². The van der Waals surface area contributed by atoms with E-state index in [1.54, 1.807) is 0 Å². The van der Waals surface area contributed by atoms with Crippen molar-refractivity contribution in [3.8, 4) is 0 Å². The zero-order chi connectivity index (χ0) is 15.8. The molecule has 124 valence electrons. The van der Waals surface area contributed by atoms with Crippen LogP contribution in [0.15, 0.2) is 18.2 Å². The van der Waals surface area contributed by atoms with E-state index in [1.165, 1.54) is 23.1 Å². The predicted molar refractivity (Wildman–Crippen MR) is 87.1 cm³/mol. The summed E-state index contributed by atoms with van der Waals surface area (Å²) in [5.74, 6) is -0.364. The highest BCUT2D eigenvalue weighted by atomic mass is 16.5. The van der Waals surface area contributed by atoms with Crippen molar-refractivity contribution in [3.63, 3.8) is 0 Å². The first-order valence-corrected chi connectivity index (χ1v) is 8.88. The molecule has 23 heavy (non-hydrogen) atoms. The Balaban J connectivity index is 1.55. The quantitative estimate of drug-likeness (QED) is 0.932. The third kappa shape index (κ3) is 2.79. The van der Waals surface area contributed by atoms with E-state index < -0.39 is 5.97 Å². The molecule has 4 nitrogen and oxygen atoms in total. The van der Waals surface area contributed by atoms with Gasteiger partial charge in [0, 0.05) is 12.6 Å². The Morgan fingerprint density at radius 3 is 3.09 bits per heavy atom. The number of carbonyl (C=O) groups is 1. The molecule has 1 saturated carbocycles. The van der Waals surface area contributed by atoms with Gasteiger partial charge in [0.15, 0.2) is 0 Å². The summed E-state index contributed by atoms with van der Waals surface area (Å²) >= 11 is 0. The van der Waals surface area contributed by atoms with Gasteiger partial charge in [-0.2, -0.15) is 0 Å². The maximum atomic E-state index is 11.5. The van der Waals surface area contributed by atoms with Crippen molar-refractivity contribution in [2.75, 3.05) is 13.2 Å². The fraction of sp³-hybridized carbons (Fsp3) is 0.632. The molecule has 4 rings (SSSR count). The topological polar surface area (TPSA) is 49.8 Å². The van der Waals surface area contributed by atoms with Gasteiger partial charge in [-0.05, 0) is 54.8 Å². The maximum absolute atomic E-state index is 11.5. The summed E-state index contributed by atoms with van der Waals surface area (Å²) in [5, 5.41) is 9.49. The monoisotopic (exact) mass is 315 g/mol. The Morgan fingerprint density at radius 2 is 2.22 bits per heavy atom. The lowest BCUT2D eigenvalue weighted by Crippen LogP contribution is -2.48. The van der Waals surface area contributed by atoms with Gasteiger partial charge in [0.25, 0.3) is 0 Å². The minimum Gasteiger partial charge on any atom is -0.481 e. The predicted octanol–water partition coefficient (Wildman–Crippen LogP) is 2.83. The van der Waals surface area contributed by atoms with E-state index in [9.17, 15) is 9.90 Å². The van der Waals surface area contributed by atoms with Gasteiger partial charge in [-0.15, -0.1) is 0 Å². The molecule has 0 aromatic heterocycles. The van der Waals surface area contributed by atoms with Crippen LogP contribution in [0.5, 0.6) is 0 Å². The van der Waals surface area contributed by atoms with Gasteiger partial charge in [-0.25, -0.2) is 0 Å². The largest absolute Gasteiger partial charge is 0.481 e. The van der Waals surface area contributed by atoms with Gasteiger partial charge < -0.3 is 9.84 Å². The molecule has 3 unspecified atom stereocenters. The SMILES string of the molecule is O=C(O)C1CCN(Cc2cccc3c2CCOC3)C2CCCC12. The molecular formula is C19H25NO3. The molecule has 1 aromatic carbocycles. The molecule has 0 radical (unpaired) electrons. The molecule has 0 amide bonds. The molecule has 0 spiro atoms. The van der Waals surface area contributed by atoms with Crippen LogP contribution in [0.2, 0.25) is 0 Å². The number of nitrogens with zero attached hydrogens (tertiary/aromatic N) is 1. The van der Waals surface area contributed by atoms with E-state index in [0.29, 0.717) is 12.0 Å². The molecular weight excluding hydrogens is 290 g/mol. The number of benzene rings is 1. The number of fused-ring (bicyclic) bond motifs is 2. The van der Waals surface area contributed by atoms with Crippen LogP contribution in [-0.4, -0.2) is 35.2 Å². The Kier molecular flexibility index (Phi) is 4.12. The van der Waals surface area contributed by atoms with E-state index in [-0.39, 0.29) is 5.92 Å². The first-order valence-electron chi connectivity index (χ1n) is 8.88. The van der Waals surface area contributed by atoms with Gasteiger partial charge in [0.05, 0.1) is 19.1 Å². The van der Waals surface area contributed by atoms with Crippen molar-refractivity contribution < 1.29 is 14.6 Å². The number of hydrogen-bond donors (Lipinski definition) is 1.